The van der Waals surface area contributed by atoms with Crippen molar-refractivity contribution in [2.45, 2.75) is 45.3 Å². The van der Waals surface area contributed by atoms with Crippen LogP contribution in [0.5, 0.6) is 0 Å². The van der Waals surface area contributed by atoms with Gasteiger partial charge in [0.2, 0.25) is 11.8 Å². The van der Waals surface area contributed by atoms with Crippen LogP contribution in [0.4, 0.5) is 18.9 Å². The fourth-order valence-corrected chi connectivity index (χ4v) is 3.57. The summed E-state index contributed by atoms with van der Waals surface area (Å²) in [5.41, 5.74) is -1.07. The molecule has 1 saturated heterocycles. The van der Waals surface area contributed by atoms with Crippen LogP contribution in [0.25, 0.3) is 0 Å². The topological polar surface area (TPSA) is 74.5 Å². The molecule has 0 spiro atoms. The molecule has 0 aliphatic carbocycles. The van der Waals surface area contributed by atoms with Gasteiger partial charge in [-0.15, -0.1) is 0 Å². The highest BCUT2D eigenvalue weighted by Crippen LogP contribution is 2.34. The lowest BCUT2D eigenvalue weighted by Gasteiger charge is -2.36. The second-order valence-electron chi connectivity index (χ2n) is 7.73. The van der Waals surface area contributed by atoms with Crippen LogP contribution in [-0.4, -0.2) is 58.6 Å². The number of rotatable bonds is 8. The number of carbonyl (C=O) groups is 1. The Labute approximate surface area is 179 Å². The molecule has 1 aromatic carbocycles. The highest BCUT2D eigenvalue weighted by atomic mass is 19.4. The van der Waals surface area contributed by atoms with Crippen molar-refractivity contribution in [3.05, 3.63) is 41.5 Å². The van der Waals surface area contributed by atoms with Crippen molar-refractivity contribution in [2.75, 3.05) is 38.0 Å². The van der Waals surface area contributed by atoms with Gasteiger partial charge in [-0.3, -0.25) is 14.6 Å². The largest absolute Gasteiger partial charge is 0.418 e. The molecule has 1 aliphatic heterocycles. The van der Waals surface area contributed by atoms with Crippen LogP contribution >= 0.6 is 0 Å². The van der Waals surface area contributed by atoms with Crippen molar-refractivity contribution in [2.24, 2.45) is 0 Å². The van der Waals surface area contributed by atoms with Crippen molar-refractivity contribution < 1.29 is 22.5 Å². The molecule has 170 valence electrons. The zero-order valence-corrected chi connectivity index (χ0v) is 17.8. The number of nitrogens with zero attached hydrogens (tertiary/aromatic N) is 4. The molecule has 1 atom stereocenters. The van der Waals surface area contributed by atoms with E-state index in [2.05, 4.69) is 27.3 Å². The SMILES string of the molecule is CCCCc1noc(C(C)N2CCN(CC(=O)Nc3ccccc3C(F)(F)F)CC2)n1. The first-order valence-electron chi connectivity index (χ1n) is 10.5. The lowest BCUT2D eigenvalue weighted by atomic mass is 10.1. The molecule has 1 unspecified atom stereocenters. The summed E-state index contributed by atoms with van der Waals surface area (Å²) < 4.78 is 44.7. The zero-order chi connectivity index (χ0) is 22.4. The van der Waals surface area contributed by atoms with Gasteiger partial charge in [-0.05, 0) is 25.5 Å². The third-order valence-corrected chi connectivity index (χ3v) is 5.42. The number of carbonyl (C=O) groups excluding carboxylic acids is 1. The number of piperazine rings is 1. The number of amides is 1. The van der Waals surface area contributed by atoms with Crippen molar-refractivity contribution in [1.29, 1.82) is 0 Å². The zero-order valence-electron chi connectivity index (χ0n) is 17.8. The predicted molar refractivity (Wildman–Crippen MR) is 109 cm³/mol. The van der Waals surface area contributed by atoms with E-state index in [1.807, 2.05) is 11.8 Å². The van der Waals surface area contributed by atoms with Crippen LogP contribution in [0.1, 0.15) is 50.0 Å². The Morgan fingerprint density at radius 1 is 1.23 bits per heavy atom. The average molecular weight is 439 g/mol. The van der Waals surface area contributed by atoms with Gasteiger partial charge in [0, 0.05) is 32.6 Å². The summed E-state index contributed by atoms with van der Waals surface area (Å²) in [6.45, 7) is 6.79. The standard InChI is InChI=1S/C21H28F3N5O2/c1-3-4-9-18-26-20(31-27-18)15(2)29-12-10-28(11-13-29)14-19(30)25-17-8-6-5-7-16(17)21(22,23)24/h5-8,15H,3-4,9-14H2,1-2H3,(H,25,30). The van der Waals surface area contributed by atoms with Crippen LogP contribution in [-0.2, 0) is 17.4 Å². The molecular weight excluding hydrogens is 411 g/mol. The number of para-hydroxylation sites is 1. The molecule has 1 amide bonds. The first-order chi connectivity index (χ1) is 14.8. The molecule has 1 fully saturated rings. The van der Waals surface area contributed by atoms with Crippen LogP contribution in [0.15, 0.2) is 28.8 Å². The molecule has 3 rings (SSSR count). The number of hydrogen-bond donors (Lipinski definition) is 1. The van der Waals surface area contributed by atoms with Gasteiger partial charge in [0.25, 0.3) is 0 Å². The van der Waals surface area contributed by atoms with Gasteiger partial charge >= 0.3 is 6.18 Å². The van der Waals surface area contributed by atoms with Crippen LogP contribution in [0.2, 0.25) is 0 Å². The number of nitrogens with one attached hydrogen (secondary N) is 1. The summed E-state index contributed by atoms with van der Waals surface area (Å²) in [7, 11) is 0. The Morgan fingerprint density at radius 2 is 1.94 bits per heavy atom. The Morgan fingerprint density at radius 3 is 2.61 bits per heavy atom. The average Bonchev–Trinajstić information content (AvgIpc) is 3.21. The van der Waals surface area contributed by atoms with E-state index >= 15 is 0 Å². The fraction of sp³-hybridized carbons (Fsp3) is 0.571. The maximum absolute atomic E-state index is 13.1. The number of aromatic nitrogens is 2. The van der Waals surface area contributed by atoms with E-state index < -0.39 is 17.6 Å². The van der Waals surface area contributed by atoms with Gasteiger partial charge in [0.15, 0.2) is 5.82 Å². The number of halogens is 3. The summed E-state index contributed by atoms with van der Waals surface area (Å²) in [4.78, 5) is 20.9. The fourth-order valence-electron chi connectivity index (χ4n) is 3.57. The third kappa shape index (κ3) is 6.27. The predicted octanol–water partition coefficient (Wildman–Crippen LogP) is 3.75. The molecule has 0 radical (unpaired) electrons. The third-order valence-electron chi connectivity index (χ3n) is 5.42. The first-order valence-corrected chi connectivity index (χ1v) is 10.5. The van der Waals surface area contributed by atoms with E-state index in [9.17, 15) is 18.0 Å². The quantitative estimate of drug-likeness (QED) is 0.675. The lowest BCUT2D eigenvalue weighted by Crippen LogP contribution is -2.49. The Balaban J connectivity index is 1.49. The Kier molecular flexibility index (Phi) is 7.66. The summed E-state index contributed by atoms with van der Waals surface area (Å²) in [5.74, 6) is 0.842. The molecule has 0 saturated carbocycles. The van der Waals surface area contributed by atoms with Gasteiger partial charge in [-0.2, -0.15) is 18.2 Å². The minimum absolute atomic E-state index is 0.0301. The van der Waals surface area contributed by atoms with Crippen molar-refractivity contribution in [1.82, 2.24) is 19.9 Å². The van der Waals surface area contributed by atoms with E-state index in [0.29, 0.717) is 32.1 Å². The summed E-state index contributed by atoms with van der Waals surface area (Å²) in [6.07, 6.45) is -1.64. The maximum atomic E-state index is 13.1. The molecule has 1 aromatic heterocycles. The minimum Gasteiger partial charge on any atom is -0.338 e. The molecule has 1 N–H and O–H groups in total. The van der Waals surface area contributed by atoms with Crippen LogP contribution in [0, 0.1) is 0 Å². The number of aryl methyl sites for hydroxylation is 1. The normalized spacial score (nSPS) is 16.9. The molecule has 10 heteroatoms. The van der Waals surface area contributed by atoms with Gasteiger partial charge < -0.3 is 9.84 Å². The summed E-state index contributed by atoms with van der Waals surface area (Å²) in [6, 6.07) is 4.96. The first kappa shape index (κ1) is 23.2. The van der Waals surface area contributed by atoms with Crippen LogP contribution in [0.3, 0.4) is 0 Å². The number of unbranched alkanes of at least 4 members (excludes halogenated alkanes) is 1. The van der Waals surface area contributed by atoms with E-state index in [1.165, 1.54) is 18.2 Å². The minimum atomic E-state index is -4.52. The van der Waals surface area contributed by atoms with Crippen molar-refractivity contribution >= 4 is 11.6 Å². The molecule has 1 aliphatic rings. The molecule has 0 bridgehead atoms. The van der Waals surface area contributed by atoms with Gasteiger partial charge in [0.1, 0.15) is 0 Å². The van der Waals surface area contributed by atoms with Gasteiger partial charge in [-0.25, -0.2) is 0 Å². The summed E-state index contributed by atoms with van der Waals surface area (Å²) >= 11 is 0. The number of benzene rings is 1. The second kappa shape index (κ2) is 10.2. The highest BCUT2D eigenvalue weighted by Gasteiger charge is 2.34. The van der Waals surface area contributed by atoms with E-state index in [-0.39, 0.29) is 18.3 Å². The molecular formula is C21H28F3N5O2. The van der Waals surface area contributed by atoms with Crippen molar-refractivity contribution in [3.8, 4) is 0 Å². The van der Waals surface area contributed by atoms with Crippen LogP contribution < -0.4 is 5.32 Å². The Bertz CT molecular complexity index is 863. The smallest absolute Gasteiger partial charge is 0.338 e. The molecule has 31 heavy (non-hydrogen) atoms. The number of anilines is 1. The van der Waals surface area contributed by atoms with Gasteiger partial charge in [-0.1, -0.05) is 30.6 Å². The maximum Gasteiger partial charge on any atom is 0.418 e. The second-order valence-corrected chi connectivity index (χ2v) is 7.73. The molecule has 2 heterocycles. The Hall–Kier alpha value is -2.46. The van der Waals surface area contributed by atoms with Gasteiger partial charge in [0.05, 0.1) is 23.8 Å². The van der Waals surface area contributed by atoms with E-state index in [4.69, 9.17) is 4.52 Å². The van der Waals surface area contributed by atoms with E-state index in [1.54, 1.807) is 0 Å². The lowest BCUT2D eigenvalue weighted by molar-refractivity contribution is -0.137. The molecule has 7 nitrogen and oxygen atoms in total. The highest BCUT2D eigenvalue weighted by molar-refractivity contribution is 5.93. The van der Waals surface area contributed by atoms with Crippen molar-refractivity contribution in [3.63, 3.8) is 0 Å². The monoisotopic (exact) mass is 439 g/mol. The summed E-state index contributed by atoms with van der Waals surface area (Å²) in [5, 5.41) is 6.43. The molecule has 2 aromatic rings. The van der Waals surface area contributed by atoms with E-state index in [0.717, 1.165) is 31.2 Å². The number of alkyl halides is 3. The number of hydrogen-bond acceptors (Lipinski definition) is 6.